The summed E-state index contributed by atoms with van der Waals surface area (Å²) >= 11 is 0. The fourth-order valence-electron chi connectivity index (χ4n) is 3.09. The normalized spacial score (nSPS) is 13.4. The maximum atomic E-state index is 14.0. The van der Waals surface area contributed by atoms with E-state index in [1.165, 1.54) is 22.9 Å². The van der Waals surface area contributed by atoms with Crippen molar-refractivity contribution in [2.24, 2.45) is 0 Å². The number of aromatic nitrogens is 5. The molecule has 0 aliphatic heterocycles. The summed E-state index contributed by atoms with van der Waals surface area (Å²) in [4.78, 5) is 25.0. The highest BCUT2D eigenvalue weighted by molar-refractivity contribution is 5.23. The van der Waals surface area contributed by atoms with Crippen molar-refractivity contribution in [2.45, 2.75) is 44.9 Å². The summed E-state index contributed by atoms with van der Waals surface area (Å²) in [6.45, 7) is 2.09. The fraction of sp³-hybridized carbons (Fsp3) is 0.368. The van der Waals surface area contributed by atoms with E-state index < -0.39 is 22.7 Å². The van der Waals surface area contributed by atoms with Crippen molar-refractivity contribution < 1.29 is 9.50 Å². The van der Waals surface area contributed by atoms with Gasteiger partial charge in [0.15, 0.2) is 0 Å². The molecule has 0 aliphatic rings. The smallest absolute Gasteiger partial charge is 0.328 e. The summed E-state index contributed by atoms with van der Waals surface area (Å²) in [6.07, 6.45) is 5.18. The van der Waals surface area contributed by atoms with Crippen LogP contribution in [0.25, 0.3) is 0 Å². The largest absolute Gasteiger partial charge is 0.383 e. The molecule has 2 aromatic heterocycles. The fourth-order valence-corrected chi connectivity index (χ4v) is 3.09. The van der Waals surface area contributed by atoms with Gasteiger partial charge in [-0.1, -0.05) is 23.4 Å². The first-order valence-corrected chi connectivity index (χ1v) is 9.01. The molecule has 8 nitrogen and oxygen atoms in total. The molecule has 0 unspecified atom stereocenters. The lowest BCUT2D eigenvalue weighted by atomic mass is 9.95. The third kappa shape index (κ3) is 4.61. The van der Waals surface area contributed by atoms with Crippen LogP contribution in [0.4, 0.5) is 4.39 Å². The molecule has 28 heavy (non-hydrogen) atoms. The van der Waals surface area contributed by atoms with Crippen molar-refractivity contribution in [3.63, 3.8) is 0 Å². The zero-order valence-corrected chi connectivity index (χ0v) is 15.5. The molecule has 0 bridgehead atoms. The maximum Gasteiger partial charge on any atom is 0.328 e. The van der Waals surface area contributed by atoms with E-state index >= 15 is 0 Å². The van der Waals surface area contributed by atoms with Gasteiger partial charge in [-0.05, 0) is 32.3 Å². The minimum absolute atomic E-state index is 0.0721. The van der Waals surface area contributed by atoms with E-state index in [-0.39, 0.29) is 12.1 Å². The molecule has 1 atom stereocenters. The first-order chi connectivity index (χ1) is 13.4. The van der Waals surface area contributed by atoms with Crippen molar-refractivity contribution >= 4 is 0 Å². The van der Waals surface area contributed by atoms with Gasteiger partial charge in [-0.25, -0.2) is 13.9 Å². The van der Waals surface area contributed by atoms with E-state index in [9.17, 15) is 19.1 Å². The lowest BCUT2D eigenvalue weighted by Crippen LogP contribution is -2.30. The molecule has 0 fully saturated rings. The van der Waals surface area contributed by atoms with Crippen LogP contribution < -0.4 is 11.2 Å². The number of hydrogen-bond acceptors (Lipinski definition) is 5. The highest BCUT2D eigenvalue weighted by atomic mass is 19.1. The molecule has 0 amide bonds. The van der Waals surface area contributed by atoms with E-state index in [1.54, 1.807) is 36.0 Å². The van der Waals surface area contributed by atoms with Gasteiger partial charge in [-0.3, -0.25) is 9.78 Å². The quantitative estimate of drug-likeness (QED) is 0.565. The summed E-state index contributed by atoms with van der Waals surface area (Å²) in [5.41, 5.74) is -1.27. The van der Waals surface area contributed by atoms with Gasteiger partial charge in [0.25, 0.3) is 5.56 Å². The van der Waals surface area contributed by atoms with Gasteiger partial charge in [-0.2, -0.15) is 0 Å². The van der Waals surface area contributed by atoms with Gasteiger partial charge in [0.2, 0.25) is 0 Å². The van der Waals surface area contributed by atoms with Crippen LogP contribution in [0.2, 0.25) is 0 Å². The molecular formula is C19H22FN5O3. The predicted molar refractivity (Wildman–Crippen MR) is 100 cm³/mol. The topological polar surface area (TPSA) is 106 Å². The van der Waals surface area contributed by atoms with Gasteiger partial charge in [0, 0.05) is 24.4 Å². The average molecular weight is 387 g/mol. The van der Waals surface area contributed by atoms with Crippen LogP contribution in [-0.2, 0) is 25.1 Å². The minimum Gasteiger partial charge on any atom is -0.383 e. The van der Waals surface area contributed by atoms with Crippen LogP contribution in [0.15, 0.2) is 52.3 Å². The number of benzene rings is 1. The third-order valence-electron chi connectivity index (χ3n) is 4.59. The van der Waals surface area contributed by atoms with Crippen molar-refractivity contribution in [1.82, 2.24) is 24.5 Å². The molecule has 3 aromatic rings. The Hall–Kier alpha value is -3.07. The van der Waals surface area contributed by atoms with E-state index in [1.807, 2.05) is 0 Å². The van der Waals surface area contributed by atoms with Crippen LogP contribution in [0, 0.1) is 5.82 Å². The second kappa shape index (κ2) is 8.30. The molecule has 3 rings (SSSR count). The number of nitrogens with one attached hydrogen (secondary N) is 1. The molecule has 0 spiro atoms. The second-order valence-electron chi connectivity index (χ2n) is 6.90. The summed E-state index contributed by atoms with van der Waals surface area (Å²) < 4.78 is 17.0. The number of nitrogens with zero attached hydrogens (tertiary/aromatic N) is 4. The lowest BCUT2D eigenvalue weighted by Gasteiger charge is -2.24. The van der Waals surface area contributed by atoms with Crippen LogP contribution in [0.3, 0.4) is 0 Å². The lowest BCUT2D eigenvalue weighted by molar-refractivity contribution is 0.0297. The Kier molecular flexibility index (Phi) is 5.84. The molecule has 0 saturated heterocycles. The van der Waals surface area contributed by atoms with Gasteiger partial charge < -0.3 is 9.67 Å². The van der Waals surface area contributed by atoms with Crippen molar-refractivity contribution in [1.29, 1.82) is 0 Å². The van der Waals surface area contributed by atoms with Gasteiger partial charge in [-0.15, -0.1) is 5.10 Å². The Balaban J connectivity index is 1.60. The average Bonchev–Trinajstić information content (AvgIpc) is 3.06. The monoisotopic (exact) mass is 387 g/mol. The first-order valence-electron chi connectivity index (χ1n) is 9.01. The number of aromatic amines is 1. The van der Waals surface area contributed by atoms with Crippen molar-refractivity contribution in [2.75, 3.05) is 0 Å². The van der Waals surface area contributed by atoms with Crippen molar-refractivity contribution in [3.05, 3.63) is 80.6 Å². The molecule has 1 aromatic carbocycles. The zero-order chi connectivity index (χ0) is 20.1. The number of hydrogen-bond donors (Lipinski definition) is 2. The Morgan fingerprint density at radius 1 is 1.21 bits per heavy atom. The number of rotatable bonds is 8. The molecule has 0 radical (unpaired) electrons. The van der Waals surface area contributed by atoms with E-state index in [2.05, 4.69) is 15.3 Å². The molecule has 0 saturated carbocycles. The summed E-state index contributed by atoms with van der Waals surface area (Å²) in [6, 6.07) is 7.42. The van der Waals surface area contributed by atoms with E-state index in [4.69, 9.17) is 0 Å². The number of aryl methyl sites for hydroxylation is 2. The molecule has 9 heteroatoms. The zero-order valence-electron chi connectivity index (χ0n) is 15.5. The molecule has 2 heterocycles. The Morgan fingerprint density at radius 2 is 2.00 bits per heavy atom. The number of halogens is 1. The Morgan fingerprint density at radius 3 is 2.75 bits per heavy atom. The van der Waals surface area contributed by atoms with E-state index in [0.29, 0.717) is 19.4 Å². The molecule has 2 N–H and O–H groups in total. The number of H-pyrrole nitrogens is 1. The summed E-state index contributed by atoms with van der Waals surface area (Å²) in [5, 5.41) is 18.6. The molecule has 148 valence electrons. The highest BCUT2D eigenvalue weighted by Crippen LogP contribution is 2.25. The predicted octanol–water partition coefficient (Wildman–Crippen LogP) is 1.20. The van der Waals surface area contributed by atoms with Crippen molar-refractivity contribution in [3.8, 4) is 0 Å². The molecular weight excluding hydrogens is 365 g/mol. The summed E-state index contributed by atoms with van der Waals surface area (Å²) in [5.74, 6) is -0.472. The third-order valence-corrected chi connectivity index (χ3v) is 4.59. The van der Waals surface area contributed by atoms with Crippen LogP contribution in [-0.4, -0.2) is 29.7 Å². The maximum absolute atomic E-state index is 14.0. The number of unbranched alkanes of at least 4 members (excludes halogenated alkanes) is 1. The minimum atomic E-state index is -1.43. The standard InChI is InChI=1S/C19H22FN5O3/c1-19(28,15-7-2-3-8-16(15)20)13-25-14(12-21-23-25)6-4-5-10-24-11-9-17(26)22-18(24)27/h2-3,7-9,11-12,28H,4-6,10,13H2,1H3,(H,22,26,27)/t19-/m1/s1. The number of aliphatic hydroxyl groups is 1. The van der Waals surface area contributed by atoms with Gasteiger partial charge >= 0.3 is 5.69 Å². The molecule has 0 aliphatic carbocycles. The van der Waals surface area contributed by atoms with Crippen LogP contribution in [0.1, 0.15) is 31.0 Å². The van der Waals surface area contributed by atoms with E-state index in [0.717, 1.165) is 12.1 Å². The van der Waals surface area contributed by atoms with Crippen LogP contribution in [0.5, 0.6) is 0 Å². The SMILES string of the molecule is C[C@@](O)(Cn1nncc1CCCCn1ccc(=O)[nH]c1=O)c1ccccc1F. The van der Waals surface area contributed by atoms with Crippen LogP contribution >= 0.6 is 0 Å². The second-order valence-corrected chi connectivity index (χ2v) is 6.90. The highest BCUT2D eigenvalue weighted by Gasteiger charge is 2.28. The Bertz CT molecular complexity index is 1050. The summed E-state index contributed by atoms with van der Waals surface area (Å²) in [7, 11) is 0. The van der Waals surface area contributed by atoms with Gasteiger partial charge in [0.1, 0.15) is 11.4 Å². The van der Waals surface area contributed by atoms with Gasteiger partial charge in [0.05, 0.1) is 18.4 Å². The Labute approximate surface area is 160 Å². The first kappa shape index (κ1) is 19.7.